The Morgan fingerprint density at radius 1 is 1.03 bits per heavy atom. The lowest BCUT2D eigenvalue weighted by molar-refractivity contribution is -0.137. The predicted octanol–water partition coefficient (Wildman–Crippen LogP) is 4.88. The van der Waals surface area contributed by atoms with Crippen LogP contribution in [0, 0.1) is 13.8 Å². The first-order chi connectivity index (χ1) is 14.7. The molecule has 3 heterocycles. The standard InChI is InChI=1S/C23H16F3N3OS/c1-13-9-18-19(10-14(13)2)29-21(30)20(31-22(29)27-18)12-17-7-4-8-28(17)16-6-3-5-15(11-16)23(24,25)26/h3-12H,1-2H3/b20-12-. The number of benzene rings is 2. The summed E-state index contributed by atoms with van der Waals surface area (Å²) in [6.07, 6.45) is -1.06. The molecule has 0 aliphatic carbocycles. The molecule has 0 saturated carbocycles. The van der Waals surface area contributed by atoms with Crippen molar-refractivity contribution in [2.45, 2.75) is 20.0 Å². The predicted molar refractivity (Wildman–Crippen MR) is 116 cm³/mol. The lowest BCUT2D eigenvalue weighted by atomic mass is 10.1. The van der Waals surface area contributed by atoms with E-state index in [0.29, 0.717) is 20.9 Å². The summed E-state index contributed by atoms with van der Waals surface area (Å²) >= 11 is 1.26. The summed E-state index contributed by atoms with van der Waals surface area (Å²) in [6, 6.07) is 12.5. The van der Waals surface area contributed by atoms with Crippen molar-refractivity contribution in [2.24, 2.45) is 0 Å². The number of fused-ring (bicyclic) bond motifs is 3. The largest absolute Gasteiger partial charge is 0.416 e. The molecule has 0 aliphatic heterocycles. The molecule has 0 atom stereocenters. The third-order valence-corrected chi connectivity index (χ3v) is 6.33. The maximum absolute atomic E-state index is 13.1. The van der Waals surface area contributed by atoms with E-state index in [1.807, 2.05) is 26.0 Å². The highest BCUT2D eigenvalue weighted by molar-refractivity contribution is 7.15. The van der Waals surface area contributed by atoms with Crippen LogP contribution < -0.4 is 10.1 Å². The molecule has 5 rings (SSSR count). The maximum Gasteiger partial charge on any atom is 0.416 e. The van der Waals surface area contributed by atoms with Gasteiger partial charge in [-0.2, -0.15) is 13.2 Å². The minimum atomic E-state index is -4.42. The van der Waals surface area contributed by atoms with Crippen LogP contribution in [0.3, 0.4) is 0 Å². The molecule has 3 aromatic heterocycles. The highest BCUT2D eigenvalue weighted by Gasteiger charge is 2.30. The maximum atomic E-state index is 13.1. The minimum absolute atomic E-state index is 0.192. The lowest BCUT2D eigenvalue weighted by Crippen LogP contribution is -2.23. The van der Waals surface area contributed by atoms with Crippen molar-refractivity contribution in [3.05, 3.63) is 92.0 Å². The van der Waals surface area contributed by atoms with Gasteiger partial charge in [0.05, 0.1) is 21.1 Å². The normalized spacial score (nSPS) is 13.0. The highest BCUT2D eigenvalue weighted by atomic mass is 32.1. The lowest BCUT2D eigenvalue weighted by Gasteiger charge is -2.11. The van der Waals surface area contributed by atoms with Gasteiger partial charge < -0.3 is 4.57 Å². The van der Waals surface area contributed by atoms with Crippen LogP contribution in [0.4, 0.5) is 13.2 Å². The number of halogens is 3. The van der Waals surface area contributed by atoms with Crippen molar-refractivity contribution < 1.29 is 13.2 Å². The van der Waals surface area contributed by atoms with E-state index in [4.69, 9.17) is 0 Å². The SMILES string of the molecule is Cc1cc2nc3s/c(=C\c4cccn4-c4cccc(C(F)(F)F)c4)c(=O)n3c2cc1C. The Kier molecular flexibility index (Phi) is 4.30. The van der Waals surface area contributed by atoms with Gasteiger partial charge in [-0.05, 0) is 73.5 Å². The molecule has 4 nitrogen and oxygen atoms in total. The molecule has 0 unspecified atom stereocenters. The molecule has 0 spiro atoms. The van der Waals surface area contributed by atoms with E-state index in [1.54, 1.807) is 39.4 Å². The van der Waals surface area contributed by atoms with Crippen molar-refractivity contribution in [3.8, 4) is 5.69 Å². The molecule has 0 saturated heterocycles. The first-order valence-electron chi connectivity index (χ1n) is 9.51. The van der Waals surface area contributed by atoms with Crippen LogP contribution in [-0.2, 0) is 6.18 Å². The molecule has 31 heavy (non-hydrogen) atoms. The van der Waals surface area contributed by atoms with E-state index in [0.717, 1.165) is 34.3 Å². The first-order valence-corrected chi connectivity index (χ1v) is 10.3. The quantitative estimate of drug-likeness (QED) is 0.393. The van der Waals surface area contributed by atoms with E-state index >= 15 is 0 Å². The molecule has 0 amide bonds. The fourth-order valence-corrected chi connectivity index (χ4v) is 4.60. The third kappa shape index (κ3) is 3.23. The van der Waals surface area contributed by atoms with Crippen LogP contribution in [-0.4, -0.2) is 14.0 Å². The van der Waals surface area contributed by atoms with Crippen LogP contribution >= 0.6 is 11.3 Å². The Morgan fingerprint density at radius 2 is 1.81 bits per heavy atom. The van der Waals surface area contributed by atoms with Crippen LogP contribution in [0.5, 0.6) is 0 Å². The molecule has 5 aromatic rings. The summed E-state index contributed by atoms with van der Waals surface area (Å²) < 4.78 is 43.0. The average Bonchev–Trinajstić information content (AvgIpc) is 3.38. The second-order valence-corrected chi connectivity index (χ2v) is 8.43. The number of imidazole rings is 1. The van der Waals surface area contributed by atoms with Gasteiger partial charge in [0, 0.05) is 17.6 Å². The topological polar surface area (TPSA) is 39.3 Å². The summed E-state index contributed by atoms with van der Waals surface area (Å²) in [7, 11) is 0. The van der Waals surface area contributed by atoms with Gasteiger partial charge in [-0.1, -0.05) is 17.4 Å². The monoisotopic (exact) mass is 439 g/mol. The Balaban J connectivity index is 1.67. The smallest absolute Gasteiger partial charge is 0.317 e. The van der Waals surface area contributed by atoms with E-state index in [1.165, 1.54) is 17.4 Å². The average molecular weight is 439 g/mol. The molecule has 0 fully saturated rings. The molecule has 0 N–H and O–H groups in total. The fourth-order valence-electron chi connectivity index (χ4n) is 3.63. The van der Waals surface area contributed by atoms with Gasteiger partial charge in [0.25, 0.3) is 5.56 Å². The summed E-state index contributed by atoms with van der Waals surface area (Å²) in [4.78, 5) is 18.3. The number of aromatic nitrogens is 3. The summed E-state index contributed by atoms with van der Waals surface area (Å²) in [5.41, 5.74) is 3.77. The second kappa shape index (κ2) is 6.81. The molecule has 0 bridgehead atoms. The van der Waals surface area contributed by atoms with E-state index in [2.05, 4.69) is 4.98 Å². The zero-order valence-corrected chi connectivity index (χ0v) is 17.4. The van der Waals surface area contributed by atoms with Crippen molar-refractivity contribution in [2.75, 3.05) is 0 Å². The molecule has 0 aliphatic rings. The van der Waals surface area contributed by atoms with Crippen LogP contribution in [0.2, 0.25) is 0 Å². The highest BCUT2D eigenvalue weighted by Crippen LogP contribution is 2.30. The van der Waals surface area contributed by atoms with Crippen molar-refractivity contribution in [3.63, 3.8) is 0 Å². The van der Waals surface area contributed by atoms with E-state index in [9.17, 15) is 18.0 Å². The van der Waals surface area contributed by atoms with Gasteiger partial charge in [-0.3, -0.25) is 4.79 Å². The number of hydrogen-bond acceptors (Lipinski definition) is 3. The van der Waals surface area contributed by atoms with Crippen LogP contribution in [0.1, 0.15) is 22.4 Å². The van der Waals surface area contributed by atoms with Gasteiger partial charge in [0.15, 0.2) is 4.96 Å². The summed E-state index contributed by atoms with van der Waals surface area (Å²) in [5.74, 6) is 0. The number of thiazole rings is 1. The van der Waals surface area contributed by atoms with Gasteiger partial charge in [-0.25, -0.2) is 9.38 Å². The van der Waals surface area contributed by atoms with Crippen LogP contribution in [0.15, 0.2) is 59.5 Å². The Labute approximate surface area is 178 Å². The number of rotatable bonds is 2. The zero-order chi connectivity index (χ0) is 21.9. The molecular weight excluding hydrogens is 423 g/mol. The Hall–Kier alpha value is -3.39. The van der Waals surface area contributed by atoms with Crippen molar-refractivity contribution >= 4 is 33.4 Å². The number of aryl methyl sites for hydroxylation is 2. The number of alkyl halides is 3. The van der Waals surface area contributed by atoms with Gasteiger partial charge in [0.2, 0.25) is 0 Å². The Morgan fingerprint density at radius 3 is 2.58 bits per heavy atom. The number of hydrogen-bond donors (Lipinski definition) is 0. The van der Waals surface area contributed by atoms with E-state index in [-0.39, 0.29) is 5.56 Å². The summed E-state index contributed by atoms with van der Waals surface area (Å²) in [5, 5.41) is 0. The fraction of sp³-hybridized carbons (Fsp3) is 0.130. The van der Waals surface area contributed by atoms with E-state index < -0.39 is 11.7 Å². The summed E-state index contributed by atoms with van der Waals surface area (Å²) in [6.45, 7) is 3.99. The Bertz CT molecular complexity index is 1570. The van der Waals surface area contributed by atoms with Crippen LogP contribution in [0.25, 0.3) is 27.8 Å². The molecular formula is C23H16F3N3OS. The van der Waals surface area contributed by atoms with Gasteiger partial charge >= 0.3 is 6.18 Å². The third-order valence-electron chi connectivity index (χ3n) is 5.37. The van der Waals surface area contributed by atoms with Gasteiger partial charge in [0.1, 0.15) is 0 Å². The van der Waals surface area contributed by atoms with Crippen molar-refractivity contribution in [1.29, 1.82) is 0 Å². The van der Waals surface area contributed by atoms with Crippen molar-refractivity contribution in [1.82, 2.24) is 14.0 Å². The van der Waals surface area contributed by atoms with Gasteiger partial charge in [-0.15, -0.1) is 0 Å². The zero-order valence-electron chi connectivity index (χ0n) is 16.6. The molecule has 2 aromatic carbocycles. The first kappa shape index (κ1) is 19.6. The molecule has 8 heteroatoms. The number of nitrogens with zero attached hydrogens (tertiary/aromatic N) is 3. The second-order valence-electron chi connectivity index (χ2n) is 7.42. The molecule has 0 radical (unpaired) electrons. The molecule has 156 valence electrons. The minimum Gasteiger partial charge on any atom is -0.317 e.